The Morgan fingerprint density at radius 3 is 2.76 bits per heavy atom. The predicted octanol–water partition coefficient (Wildman–Crippen LogP) is 4.75. The molecule has 0 aromatic heterocycles. The smallest absolute Gasteiger partial charge is 0.161 e. The summed E-state index contributed by atoms with van der Waals surface area (Å²) in [5, 5.41) is 4.37. The van der Waals surface area contributed by atoms with Crippen molar-refractivity contribution in [3.8, 4) is 0 Å². The quantitative estimate of drug-likeness (QED) is 0.763. The minimum absolute atomic E-state index is 0.310. The van der Waals surface area contributed by atoms with Crippen LogP contribution in [0.2, 0.25) is 0 Å². The van der Waals surface area contributed by atoms with E-state index in [4.69, 9.17) is 0 Å². The first-order chi connectivity index (χ1) is 7.96. The summed E-state index contributed by atoms with van der Waals surface area (Å²) in [7, 11) is 0. The Bertz CT molecular complexity index is 458. The highest BCUT2D eigenvalue weighted by atomic mass is 79.9. The highest BCUT2D eigenvalue weighted by Crippen LogP contribution is 2.31. The van der Waals surface area contributed by atoms with Crippen molar-refractivity contribution < 1.29 is 0 Å². The minimum atomic E-state index is 0.310. The number of nitrogens with one attached hydrogen (secondary N) is 1. The van der Waals surface area contributed by atoms with Gasteiger partial charge >= 0.3 is 0 Å². The first-order valence-corrected chi connectivity index (χ1v) is 7.93. The third kappa shape index (κ3) is 3.73. The second-order valence-electron chi connectivity index (χ2n) is 4.82. The Hall–Kier alpha value is -0.000000000000000111. The molecular weight excluding hydrogens is 364 g/mol. The van der Waals surface area contributed by atoms with Crippen molar-refractivity contribution in [3.63, 3.8) is 0 Å². The summed E-state index contributed by atoms with van der Waals surface area (Å²) in [4.78, 5) is 4.58. The largest absolute Gasteiger partial charge is 0.334 e. The molecule has 0 aliphatic carbocycles. The Labute approximate surface area is 123 Å². The van der Waals surface area contributed by atoms with Crippen molar-refractivity contribution in [1.29, 1.82) is 0 Å². The van der Waals surface area contributed by atoms with Gasteiger partial charge in [-0.2, -0.15) is 0 Å². The molecule has 1 aliphatic rings. The van der Waals surface area contributed by atoms with Crippen LogP contribution in [0.15, 0.2) is 32.1 Å². The van der Waals surface area contributed by atoms with Crippen LogP contribution < -0.4 is 5.32 Å². The fourth-order valence-electron chi connectivity index (χ4n) is 1.42. The van der Waals surface area contributed by atoms with Crippen LogP contribution in [0.25, 0.3) is 0 Å². The van der Waals surface area contributed by atoms with Gasteiger partial charge in [-0.3, -0.25) is 4.99 Å². The van der Waals surface area contributed by atoms with Crippen LogP contribution in [0.4, 0.5) is 5.69 Å². The molecule has 1 aliphatic heterocycles. The highest BCUT2D eigenvalue weighted by molar-refractivity contribution is 9.11. The molecule has 1 aromatic carbocycles. The van der Waals surface area contributed by atoms with Crippen molar-refractivity contribution in [1.82, 2.24) is 0 Å². The molecule has 0 saturated carbocycles. The van der Waals surface area contributed by atoms with E-state index in [9.17, 15) is 0 Å². The predicted molar refractivity (Wildman–Crippen MR) is 84.0 cm³/mol. The van der Waals surface area contributed by atoms with Gasteiger partial charge < -0.3 is 5.32 Å². The van der Waals surface area contributed by atoms with Crippen molar-refractivity contribution >= 4 is 54.5 Å². The standard InChI is InChI=1S/C12H14Br2N2S/c1-12(2)6-15-11(17-7-12)16-10-5-8(13)3-4-9(10)14/h3-5H,6-7H2,1-2H3,(H,15,16). The number of benzene rings is 1. The first kappa shape index (κ1) is 13.4. The normalized spacial score (nSPS) is 18.7. The van der Waals surface area contributed by atoms with E-state index in [1.165, 1.54) is 0 Å². The molecule has 0 radical (unpaired) electrons. The van der Waals surface area contributed by atoms with E-state index in [2.05, 4.69) is 56.0 Å². The Morgan fingerprint density at radius 1 is 1.35 bits per heavy atom. The van der Waals surface area contributed by atoms with Gasteiger partial charge in [0.25, 0.3) is 0 Å². The molecule has 92 valence electrons. The van der Waals surface area contributed by atoms with Crippen LogP contribution in [0.1, 0.15) is 13.8 Å². The number of halogens is 2. The van der Waals surface area contributed by atoms with E-state index < -0.39 is 0 Å². The molecule has 0 fully saturated rings. The lowest BCUT2D eigenvalue weighted by atomic mass is 9.97. The Balaban J connectivity index is 2.12. The summed E-state index contributed by atoms with van der Waals surface area (Å²) in [6, 6.07) is 6.07. The van der Waals surface area contributed by atoms with Crippen molar-refractivity contribution in [2.75, 3.05) is 17.6 Å². The molecule has 0 bridgehead atoms. The minimum Gasteiger partial charge on any atom is -0.334 e. The van der Waals surface area contributed by atoms with Gasteiger partial charge in [-0.25, -0.2) is 0 Å². The zero-order valence-corrected chi connectivity index (χ0v) is 13.7. The highest BCUT2D eigenvalue weighted by Gasteiger charge is 2.23. The number of anilines is 1. The first-order valence-electron chi connectivity index (χ1n) is 5.36. The molecule has 5 heteroatoms. The summed E-state index contributed by atoms with van der Waals surface area (Å²) >= 11 is 8.79. The third-order valence-electron chi connectivity index (χ3n) is 2.42. The average molecular weight is 378 g/mol. The maximum atomic E-state index is 4.58. The molecule has 0 amide bonds. The third-order valence-corrected chi connectivity index (χ3v) is 5.04. The van der Waals surface area contributed by atoms with Crippen LogP contribution in [-0.2, 0) is 0 Å². The number of nitrogens with zero attached hydrogens (tertiary/aromatic N) is 1. The van der Waals surface area contributed by atoms with Gasteiger partial charge in [0.1, 0.15) is 0 Å². The van der Waals surface area contributed by atoms with E-state index in [0.717, 1.165) is 32.1 Å². The molecule has 2 nitrogen and oxygen atoms in total. The lowest BCUT2D eigenvalue weighted by Gasteiger charge is -2.27. The molecule has 1 heterocycles. The second kappa shape index (κ2) is 5.33. The van der Waals surface area contributed by atoms with Crippen LogP contribution in [0, 0.1) is 5.41 Å². The van der Waals surface area contributed by atoms with E-state index >= 15 is 0 Å². The SMILES string of the molecule is CC1(C)CN=C(Nc2cc(Br)ccc2Br)SC1. The van der Waals surface area contributed by atoms with Gasteiger partial charge in [0.15, 0.2) is 5.17 Å². The van der Waals surface area contributed by atoms with Gasteiger partial charge in [-0.1, -0.05) is 41.5 Å². The molecule has 1 N–H and O–H groups in total. The molecule has 1 aromatic rings. The summed E-state index contributed by atoms with van der Waals surface area (Å²) < 4.78 is 2.11. The lowest BCUT2D eigenvalue weighted by Crippen LogP contribution is -2.27. The summed E-state index contributed by atoms with van der Waals surface area (Å²) in [5.41, 5.74) is 1.36. The molecule has 17 heavy (non-hydrogen) atoms. The van der Waals surface area contributed by atoms with Gasteiger partial charge in [0.2, 0.25) is 0 Å². The van der Waals surface area contributed by atoms with Gasteiger partial charge in [0.05, 0.1) is 5.69 Å². The lowest BCUT2D eigenvalue weighted by molar-refractivity contribution is 0.438. The fraction of sp³-hybridized carbons (Fsp3) is 0.417. The number of amidine groups is 1. The van der Waals surface area contributed by atoms with Crippen LogP contribution in [-0.4, -0.2) is 17.5 Å². The number of thioether (sulfide) groups is 1. The Kier molecular flexibility index (Phi) is 4.21. The maximum absolute atomic E-state index is 4.58. The van der Waals surface area contributed by atoms with Crippen molar-refractivity contribution in [2.24, 2.45) is 10.4 Å². The molecule has 2 rings (SSSR count). The maximum Gasteiger partial charge on any atom is 0.161 e. The van der Waals surface area contributed by atoms with Gasteiger partial charge in [-0.05, 0) is 39.5 Å². The molecule has 0 atom stereocenters. The van der Waals surface area contributed by atoms with Crippen molar-refractivity contribution in [3.05, 3.63) is 27.1 Å². The zero-order chi connectivity index (χ0) is 12.5. The van der Waals surface area contributed by atoms with E-state index in [-0.39, 0.29) is 0 Å². The van der Waals surface area contributed by atoms with E-state index in [1.54, 1.807) is 11.8 Å². The average Bonchev–Trinajstić information content (AvgIpc) is 2.26. The Morgan fingerprint density at radius 2 is 2.12 bits per heavy atom. The number of hydrogen-bond donors (Lipinski definition) is 1. The zero-order valence-electron chi connectivity index (χ0n) is 9.76. The summed E-state index contributed by atoms with van der Waals surface area (Å²) in [6.07, 6.45) is 0. The van der Waals surface area contributed by atoms with Gasteiger partial charge in [0, 0.05) is 21.2 Å². The van der Waals surface area contributed by atoms with Gasteiger partial charge in [-0.15, -0.1) is 0 Å². The van der Waals surface area contributed by atoms with Crippen LogP contribution in [0.5, 0.6) is 0 Å². The van der Waals surface area contributed by atoms with E-state index in [1.807, 2.05) is 18.2 Å². The molecular formula is C12H14Br2N2S. The monoisotopic (exact) mass is 376 g/mol. The number of rotatable bonds is 1. The number of aliphatic imine (C=N–C) groups is 1. The molecule has 0 saturated heterocycles. The van der Waals surface area contributed by atoms with E-state index in [0.29, 0.717) is 5.41 Å². The number of hydrogen-bond acceptors (Lipinski definition) is 3. The molecule has 0 spiro atoms. The topological polar surface area (TPSA) is 24.4 Å². The summed E-state index contributed by atoms with van der Waals surface area (Å²) in [5.74, 6) is 1.10. The molecule has 0 unspecified atom stereocenters. The fourth-order valence-corrected chi connectivity index (χ4v) is 3.09. The van der Waals surface area contributed by atoms with Crippen LogP contribution >= 0.6 is 43.6 Å². The second-order valence-corrected chi connectivity index (χ2v) is 7.56. The van der Waals surface area contributed by atoms with Crippen molar-refractivity contribution in [2.45, 2.75) is 13.8 Å². The van der Waals surface area contributed by atoms with Crippen LogP contribution in [0.3, 0.4) is 0 Å². The summed E-state index contributed by atoms with van der Waals surface area (Å²) in [6.45, 7) is 5.37.